The number of hydrogen-bond donors (Lipinski definition) is 0. The smallest absolute Gasteiger partial charge is 0.196 e. The molecule has 94 valence electrons. The number of carbonyl (C=O) groups excluding carboxylic acids is 1. The maximum absolute atomic E-state index is 11.8. The van der Waals surface area contributed by atoms with E-state index in [1.807, 2.05) is 13.8 Å². The van der Waals surface area contributed by atoms with E-state index in [2.05, 4.69) is 38.1 Å². The first-order chi connectivity index (χ1) is 8.04. The van der Waals surface area contributed by atoms with Gasteiger partial charge in [0.25, 0.3) is 0 Å². The lowest BCUT2D eigenvalue weighted by atomic mass is 9.97. The number of thioether (sulfide) groups is 1. The lowest BCUT2D eigenvalue weighted by Gasteiger charge is -2.11. The molecular weight excluding hydrogens is 228 g/mol. The highest BCUT2D eigenvalue weighted by atomic mass is 32.2. The lowest BCUT2D eigenvalue weighted by molar-refractivity contribution is -0.111. The molecule has 0 saturated heterocycles. The fraction of sp³-hybridized carbons (Fsp3) is 0.533. The molecule has 0 radical (unpaired) electrons. The first kappa shape index (κ1) is 14.3. The molecule has 0 aliphatic heterocycles. The number of benzene rings is 1. The molecule has 1 rings (SSSR count). The van der Waals surface area contributed by atoms with Gasteiger partial charge in [0.05, 0.1) is 5.92 Å². The molecule has 0 amide bonds. The molecule has 2 heteroatoms. The molecule has 0 heterocycles. The second kappa shape index (κ2) is 6.85. The molecule has 1 aromatic carbocycles. The molecule has 1 aromatic rings. The molecule has 0 unspecified atom stereocenters. The monoisotopic (exact) mass is 250 g/mol. The molecule has 0 bridgehead atoms. The fourth-order valence-corrected chi connectivity index (χ4v) is 2.49. The van der Waals surface area contributed by atoms with Gasteiger partial charge < -0.3 is 0 Å². The van der Waals surface area contributed by atoms with Crippen LogP contribution in [-0.2, 0) is 11.2 Å². The molecule has 0 N–H and O–H groups in total. The molecule has 0 saturated carbocycles. The van der Waals surface area contributed by atoms with Crippen molar-refractivity contribution in [2.45, 2.75) is 40.0 Å². The average molecular weight is 250 g/mol. The number of rotatable bonds is 5. The van der Waals surface area contributed by atoms with Crippen LogP contribution in [0.5, 0.6) is 0 Å². The molecular formula is C15H22OS. The van der Waals surface area contributed by atoms with Crippen LogP contribution < -0.4 is 0 Å². The van der Waals surface area contributed by atoms with Crippen LogP contribution in [0.2, 0.25) is 0 Å². The van der Waals surface area contributed by atoms with Crippen LogP contribution in [0.4, 0.5) is 0 Å². The first-order valence-electron chi connectivity index (χ1n) is 6.30. The van der Waals surface area contributed by atoms with E-state index < -0.39 is 0 Å². The summed E-state index contributed by atoms with van der Waals surface area (Å²) in [7, 11) is 0. The Balaban J connectivity index is 2.70. The summed E-state index contributed by atoms with van der Waals surface area (Å²) in [4.78, 5) is 11.8. The third-order valence-electron chi connectivity index (χ3n) is 2.76. The molecule has 0 aliphatic carbocycles. The van der Waals surface area contributed by atoms with Gasteiger partial charge in [-0.3, -0.25) is 4.79 Å². The Hall–Kier alpha value is -0.760. The summed E-state index contributed by atoms with van der Waals surface area (Å²) in [5.41, 5.74) is 2.48. The minimum absolute atomic E-state index is 0.00745. The summed E-state index contributed by atoms with van der Waals surface area (Å²) in [6.07, 6.45) is 1.10. The maximum Gasteiger partial charge on any atom is 0.196 e. The highest BCUT2D eigenvalue weighted by Crippen LogP contribution is 2.22. The van der Waals surface area contributed by atoms with Crippen LogP contribution >= 0.6 is 11.8 Å². The van der Waals surface area contributed by atoms with Crippen LogP contribution in [-0.4, -0.2) is 10.9 Å². The Morgan fingerprint density at radius 2 is 1.76 bits per heavy atom. The van der Waals surface area contributed by atoms with Crippen molar-refractivity contribution in [2.75, 3.05) is 5.75 Å². The zero-order chi connectivity index (χ0) is 12.8. The van der Waals surface area contributed by atoms with Crippen molar-refractivity contribution in [1.29, 1.82) is 0 Å². The lowest BCUT2D eigenvalue weighted by Crippen LogP contribution is -2.05. The van der Waals surface area contributed by atoms with E-state index in [9.17, 15) is 4.79 Å². The van der Waals surface area contributed by atoms with Gasteiger partial charge in [-0.05, 0) is 29.2 Å². The Morgan fingerprint density at radius 1 is 1.18 bits per heavy atom. The van der Waals surface area contributed by atoms with Crippen LogP contribution in [0.25, 0.3) is 0 Å². The van der Waals surface area contributed by atoms with Crippen molar-refractivity contribution in [1.82, 2.24) is 0 Å². The summed E-state index contributed by atoms with van der Waals surface area (Å²) in [5.74, 6) is 1.54. The van der Waals surface area contributed by atoms with E-state index >= 15 is 0 Å². The quantitative estimate of drug-likeness (QED) is 0.776. The normalized spacial score (nSPS) is 12.8. The second-order valence-electron chi connectivity index (χ2n) is 4.81. The number of hydrogen-bond acceptors (Lipinski definition) is 2. The van der Waals surface area contributed by atoms with E-state index in [1.54, 1.807) is 0 Å². The van der Waals surface area contributed by atoms with E-state index in [0.717, 1.165) is 17.7 Å². The van der Waals surface area contributed by atoms with E-state index in [-0.39, 0.29) is 11.0 Å². The maximum atomic E-state index is 11.8. The topological polar surface area (TPSA) is 17.1 Å². The molecule has 0 aromatic heterocycles. The highest BCUT2D eigenvalue weighted by Gasteiger charge is 2.14. The van der Waals surface area contributed by atoms with E-state index in [1.165, 1.54) is 17.3 Å². The predicted octanol–water partition coefficient (Wildman–Crippen LogP) is 4.27. The van der Waals surface area contributed by atoms with Gasteiger partial charge in [0, 0.05) is 0 Å². The summed E-state index contributed by atoms with van der Waals surface area (Å²) in [6, 6.07) is 8.48. The van der Waals surface area contributed by atoms with Gasteiger partial charge in [0.2, 0.25) is 0 Å². The Kier molecular flexibility index (Phi) is 5.76. The van der Waals surface area contributed by atoms with Crippen molar-refractivity contribution in [3.63, 3.8) is 0 Å². The third-order valence-corrected chi connectivity index (χ3v) is 3.69. The predicted molar refractivity (Wildman–Crippen MR) is 76.5 cm³/mol. The van der Waals surface area contributed by atoms with Gasteiger partial charge in [-0.2, -0.15) is 0 Å². The van der Waals surface area contributed by atoms with E-state index in [4.69, 9.17) is 0 Å². The molecule has 1 nitrogen and oxygen atoms in total. The minimum Gasteiger partial charge on any atom is -0.287 e. The van der Waals surface area contributed by atoms with Gasteiger partial charge in [0.15, 0.2) is 5.12 Å². The van der Waals surface area contributed by atoms with Crippen molar-refractivity contribution in [2.24, 2.45) is 5.92 Å². The van der Waals surface area contributed by atoms with Crippen LogP contribution in [0.15, 0.2) is 24.3 Å². The zero-order valence-electron chi connectivity index (χ0n) is 11.2. The Labute approximate surface area is 109 Å². The zero-order valence-corrected chi connectivity index (χ0v) is 12.0. The van der Waals surface area contributed by atoms with Crippen molar-refractivity contribution >= 4 is 16.9 Å². The van der Waals surface area contributed by atoms with Crippen molar-refractivity contribution in [3.8, 4) is 0 Å². The van der Waals surface area contributed by atoms with Gasteiger partial charge in [-0.25, -0.2) is 0 Å². The summed E-state index contributed by atoms with van der Waals surface area (Å²) >= 11 is 1.41. The van der Waals surface area contributed by atoms with E-state index in [0.29, 0.717) is 5.92 Å². The molecule has 0 aliphatic rings. The summed E-state index contributed by atoms with van der Waals surface area (Å²) < 4.78 is 0. The largest absolute Gasteiger partial charge is 0.287 e. The van der Waals surface area contributed by atoms with Crippen molar-refractivity contribution < 1.29 is 4.79 Å². The third kappa shape index (κ3) is 4.55. The second-order valence-corrected chi connectivity index (χ2v) is 6.08. The SMILES string of the molecule is CCSC(=O)[C@@H](C)c1ccc(CC(C)C)cc1. The van der Waals surface area contributed by atoms with Crippen molar-refractivity contribution in [3.05, 3.63) is 35.4 Å². The van der Waals surface area contributed by atoms with Gasteiger partial charge in [0.1, 0.15) is 0 Å². The van der Waals surface area contributed by atoms with Gasteiger partial charge >= 0.3 is 0 Å². The number of carbonyl (C=O) groups is 1. The summed E-state index contributed by atoms with van der Waals surface area (Å²) in [6.45, 7) is 8.44. The standard InChI is InChI=1S/C15H22OS/c1-5-17-15(16)12(4)14-8-6-13(7-9-14)10-11(2)3/h6-9,11-12H,5,10H2,1-4H3/t12-/m0/s1. The van der Waals surface area contributed by atoms with Gasteiger partial charge in [-0.1, -0.05) is 63.7 Å². The Morgan fingerprint density at radius 3 is 2.24 bits per heavy atom. The van der Waals surface area contributed by atoms with Crippen LogP contribution in [0.3, 0.4) is 0 Å². The molecule has 17 heavy (non-hydrogen) atoms. The Bertz CT molecular complexity index is 354. The van der Waals surface area contributed by atoms with Crippen LogP contribution in [0.1, 0.15) is 44.7 Å². The molecule has 1 atom stereocenters. The molecule has 0 spiro atoms. The molecule has 0 fully saturated rings. The van der Waals surface area contributed by atoms with Gasteiger partial charge in [-0.15, -0.1) is 0 Å². The highest BCUT2D eigenvalue weighted by molar-refractivity contribution is 8.13. The summed E-state index contributed by atoms with van der Waals surface area (Å²) in [5, 5.41) is 0.268. The first-order valence-corrected chi connectivity index (χ1v) is 7.28. The van der Waals surface area contributed by atoms with Crippen LogP contribution in [0, 0.1) is 5.92 Å². The minimum atomic E-state index is 0.00745. The average Bonchev–Trinajstić information content (AvgIpc) is 2.28. The fourth-order valence-electron chi connectivity index (χ4n) is 1.82.